The van der Waals surface area contributed by atoms with Crippen LogP contribution in [0.4, 0.5) is 0 Å². The molecule has 0 radical (unpaired) electrons. The lowest BCUT2D eigenvalue weighted by molar-refractivity contribution is 1.52. The third-order valence-electron chi connectivity index (χ3n) is 0.732. The Morgan fingerprint density at radius 2 is 2.22 bits per heavy atom. The smallest absolute Gasteiger partial charge is 0.0534 e. The fourth-order valence-corrected chi connectivity index (χ4v) is 2.01. The van der Waals surface area contributed by atoms with Gasteiger partial charge in [-0.05, 0) is 18.8 Å². The summed E-state index contributed by atoms with van der Waals surface area (Å²) in [7, 11) is 0. The van der Waals surface area contributed by atoms with Crippen LogP contribution in [0.25, 0.3) is 0 Å². The molecule has 0 saturated carbocycles. The van der Waals surface area contributed by atoms with Crippen molar-refractivity contribution in [3.63, 3.8) is 0 Å². The van der Waals surface area contributed by atoms with E-state index >= 15 is 0 Å². The van der Waals surface area contributed by atoms with Crippen LogP contribution in [-0.4, -0.2) is 4.66 Å². The lowest BCUT2D eigenvalue weighted by atomic mass is 10.3. The van der Waals surface area contributed by atoms with Crippen LogP contribution in [0.3, 0.4) is 0 Å². The number of alkyl halides is 1. The number of thioether (sulfide) groups is 1. The van der Waals surface area contributed by atoms with E-state index in [4.69, 9.17) is 0 Å². The maximum absolute atomic E-state index is 3.77. The second kappa shape index (κ2) is 5.12. The van der Waals surface area contributed by atoms with Gasteiger partial charge in [0.1, 0.15) is 0 Å². The van der Waals surface area contributed by atoms with E-state index in [2.05, 4.69) is 35.5 Å². The van der Waals surface area contributed by atoms with Crippen LogP contribution < -0.4 is 0 Å². The van der Waals surface area contributed by atoms with Crippen LogP contribution in [0.15, 0.2) is 23.1 Å². The fraction of sp³-hybridized carbons (Fsp3) is 0.429. The van der Waals surface area contributed by atoms with E-state index in [0.717, 1.165) is 10.2 Å². The normalized spacial score (nSPS) is 11.7. The molecule has 0 spiro atoms. The highest BCUT2D eigenvalue weighted by atomic mass is 79.9. The summed E-state index contributed by atoms with van der Waals surface area (Å²) in [6.45, 7) is 7.85. The predicted octanol–water partition coefficient (Wildman–Crippen LogP) is 3.55. The third kappa shape index (κ3) is 6.19. The topological polar surface area (TPSA) is 0 Å². The number of allylic oxidation sites excluding steroid dienone is 3. The molecular formula is C7H11BrS. The van der Waals surface area contributed by atoms with Crippen LogP contribution >= 0.6 is 27.7 Å². The molecule has 0 aliphatic rings. The molecule has 0 amide bonds. The average molecular weight is 207 g/mol. The maximum Gasteiger partial charge on any atom is 0.0534 e. The lowest BCUT2D eigenvalue weighted by Crippen LogP contribution is -1.68. The summed E-state index contributed by atoms with van der Waals surface area (Å²) in [5.74, 6) is 0. The summed E-state index contributed by atoms with van der Waals surface area (Å²) >= 11 is 5.11. The molecule has 0 nitrogen and oxygen atoms in total. The molecule has 0 bridgehead atoms. The Kier molecular flexibility index (Phi) is 5.30. The van der Waals surface area contributed by atoms with Gasteiger partial charge in [-0.3, -0.25) is 0 Å². The highest BCUT2D eigenvalue weighted by Crippen LogP contribution is 2.17. The molecule has 0 aliphatic carbocycles. The van der Waals surface area contributed by atoms with Crippen molar-refractivity contribution in [3.8, 4) is 0 Å². The van der Waals surface area contributed by atoms with Crippen molar-refractivity contribution < 1.29 is 0 Å². The van der Waals surface area contributed by atoms with E-state index in [9.17, 15) is 0 Å². The summed E-state index contributed by atoms with van der Waals surface area (Å²) in [6, 6.07) is 0. The van der Waals surface area contributed by atoms with Gasteiger partial charge in [-0.15, -0.1) is 11.8 Å². The van der Waals surface area contributed by atoms with Crippen LogP contribution in [-0.2, 0) is 0 Å². The molecule has 0 aromatic rings. The van der Waals surface area contributed by atoms with Gasteiger partial charge in [0.2, 0.25) is 0 Å². The maximum atomic E-state index is 3.77. The first-order chi connectivity index (χ1) is 4.16. The summed E-state index contributed by atoms with van der Waals surface area (Å²) in [4.78, 5) is 1.30. The van der Waals surface area contributed by atoms with Crippen molar-refractivity contribution in [3.05, 3.63) is 23.1 Å². The molecule has 2 heteroatoms. The van der Waals surface area contributed by atoms with Gasteiger partial charge in [0.25, 0.3) is 0 Å². The summed E-state index contributed by atoms with van der Waals surface area (Å²) in [5, 5.41) is 0. The Morgan fingerprint density at radius 3 is 2.56 bits per heavy atom. The summed E-state index contributed by atoms with van der Waals surface area (Å²) in [6.07, 6.45) is 2.08. The minimum Gasteiger partial charge on any atom is -0.119 e. The zero-order valence-corrected chi connectivity index (χ0v) is 8.18. The Hall–Kier alpha value is 0.310. The minimum atomic E-state index is 0.961. The number of halogens is 1. The predicted molar refractivity (Wildman–Crippen MR) is 50.0 cm³/mol. The van der Waals surface area contributed by atoms with Crippen molar-refractivity contribution in [2.45, 2.75) is 13.8 Å². The van der Waals surface area contributed by atoms with E-state index < -0.39 is 0 Å². The molecule has 0 aromatic carbocycles. The molecule has 0 N–H and O–H groups in total. The zero-order chi connectivity index (χ0) is 7.28. The quantitative estimate of drug-likeness (QED) is 0.503. The molecular weight excluding hydrogens is 196 g/mol. The van der Waals surface area contributed by atoms with Crippen LogP contribution in [0.2, 0.25) is 0 Å². The standard InChI is InChI=1S/C7H11BrS/c1-6(2)4-7(3)9-5-8/h4H,1,5H2,2-3H3. The first-order valence-corrected chi connectivity index (χ1v) is 4.80. The Labute approximate surface area is 69.5 Å². The number of rotatable bonds is 3. The largest absolute Gasteiger partial charge is 0.119 e. The van der Waals surface area contributed by atoms with Crippen molar-refractivity contribution in [1.82, 2.24) is 0 Å². The molecule has 0 aromatic heterocycles. The van der Waals surface area contributed by atoms with Crippen molar-refractivity contribution in [2.75, 3.05) is 4.66 Å². The lowest BCUT2D eigenvalue weighted by Gasteiger charge is -1.94. The van der Waals surface area contributed by atoms with Gasteiger partial charge < -0.3 is 0 Å². The third-order valence-corrected chi connectivity index (χ3v) is 2.10. The molecule has 0 unspecified atom stereocenters. The molecule has 0 aliphatic heterocycles. The highest BCUT2D eigenvalue weighted by Gasteiger charge is 1.86. The Bertz CT molecular complexity index is 127. The minimum absolute atomic E-state index is 0.961. The van der Waals surface area contributed by atoms with Crippen LogP contribution in [0.1, 0.15) is 13.8 Å². The Morgan fingerprint density at radius 1 is 1.67 bits per heavy atom. The highest BCUT2D eigenvalue weighted by molar-refractivity contribution is 9.11. The molecule has 52 valence electrons. The van der Waals surface area contributed by atoms with Gasteiger partial charge in [-0.2, -0.15) is 0 Å². The van der Waals surface area contributed by atoms with Gasteiger partial charge in [-0.25, -0.2) is 0 Å². The second-order valence-electron chi connectivity index (χ2n) is 1.85. The van der Waals surface area contributed by atoms with Crippen molar-refractivity contribution >= 4 is 27.7 Å². The first-order valence-electron chi connectivity index (χ1n) is 2.69. The van der Waals surface area contributed by atoms with Crippen molar-refractivity contribution in [1.29, 1.82) is 0 Å². The first kappa shape index (κ1) is 9.31. The summed E-state index contributed by atoms with van der Waals surface area (Å²) < 4.78 is 0.961. The molecule has 0 heterocycles. The number of hydrogen-bond acceptors (Lipinski definition) is 1. The van der Waals surface area contributed by atoms with E-state index in [1.165, 1.54) is 4.91 Å². The van der Waals surface area contributed by atoms with E-state index in [1.807, 2.05) is 6.92 Å². The average Bonchev–Trinajstić information content (AvgIpc) is 1.63. The van der Waals surface area contributed by atoms with E-state index in [1.54, 1.807) is 11.8 Å². The van der Waals surface area contributed by atoms with Gasteiger partial charge in [0.05, 0.1) is 4.66 Å². The van der Waals surface area contributed by atoms with Crippen LogP contribution in [0, 0.1) is 0 Å². The summed E-state index contributed by atoms with van der Waals surface area (Å²) in [5.41, 5.74) is 1.11. The van der Waals surface area contributed by atoms with Gasteiger partial charge >= 0.3 is 0 Å². The van der Waals surface area contributed by atoms with Crippen LogP contribution in [0.5, 0.6) is 0 Å². The molecule has 0 rings (SSSR count). The zero-order valence-electron chi connectivity index (χ0n) is 5.78. The van der Waals surface area contributed by atoms with Gasteiger partial charge in [0.15, 0.2) is 0 Å². The second-order valence-corrected chi connectivity index (χ2v) is 4.38. The molecule has 0 fully saturated rings. The molecule has 0 saturated heterocycles. The van der Waals surface area contributed by atoms with Gasteiger partial charge in [-0.1, -0.05) is 34.2 Å². The van der Waals surface area contributed by atoms with E-state index in [-0.39, 0.29) is 0 Å². The number of hydrogen-bond donors (Lipinski definition) is 0. The molecule has 9 heavy (non-hydrogen) atoms. The van der Waals surface area contributed by atoms with E-state index in [0.29, 0.717) is 0 Å². The van der Waals surface area contributed by atoms with Gasteiger partial charge in [0, 0.05) is 0 Å². The molecule has 0 atom stereocenters. The van der Waals surface area contributed by atoms with Crippen molar-refractivity contribution in [2.24, 2.45) is 0 Å². The fourth-order valence-electron chi connectivity index (χ4n) is 0.475. The Balaban J connectivity index is 3.69. The SMILES string of the molecule is C=C(C)C=C(C)SCBr. The monoisotopic (exact) mass is 206 g/mol.